The minimum absolute atomic E-state index is 0.0488. The number of rotatable bonds is 4. The van der Waals surface area contributed by atoms with E-state index >= 15 is 0 Å². The summed E-state index contributed by atoms with van der Waals surface area (Å²) in [6.45, 7) is 5.56. The average molecular weight is 303 g/mol. The van der Waals surface area contributed by atoms with Crippen LogP contribution in [0.25, 0.3) is 0 Å². The van der Waals surface area contributed by atoms with Gasteiger partial charge in [-0.25, -0.2) is 4.79 Å². The molecule has 2 rings (SSSR count). The molecule has 0 amide bonds. The van der Waals surface area contributed by atoms with E-state index in [1.807, 2.05) is 6.92 Å². The summed E-state index contributed by atoms with van der Waals surface area (Å²) in [7, 11) is 0. The van der Waals surface area contributed by atoms with Gasteiger partial charge in [0.1, 0.15) is 11.7 Å². The highest BCUT2D eigenvalue weighted by Crippen LogP contribution is 2.22. The van der Waals surface area contributed by atoms with Crippen LogP contribution in [0.15, 0.2) is 40.5 Å². The molecular weight excluding hydrogens is 286 g/mol. The lowest BCUT2D eigenvalue weighted by atomic mass is 9.98. The molecule has 1 atom stereocenters. The van der Waals surface area contributed by atoms with Crippen LogP contribution < -0.4 is 5.32 Å². The second kappa shape index (κ2) is 6.38. The van der Waals surface area contributed by atoms with Gasteiger partial charge in [0.15, 0.2) is 0 Å². The van der Waals surface area contributed by atoms with Crippen LogP contribution in [0, 0.1) is 10.1 Å². The lowest BCUT2D eigenvalue weighted by molar-refractivity contribution is -0.384. The number of hydrogen-bond acceptors (Lipinski definition) is 6. The predicted octanol–water partition coefficient (Wildman–Crippen LogP) is 2.17. The number of nitro groups is 1. The molecule has 1 aromatic carbocycles. The highest BCUT2D eigenvalue weighted by atomic mass is 16.6. The first-order chi connectivity index (χ1) is 10.4. The number of carbonyl (C=O) groups excluding carboxylic acids is 1. The third-order valence-electron chi connectivity index (χ3n) is 3.17. The number of carbonyl (C=O) groups is 1. The van der Waals surface area contributed by atoms with Crippen LogP contribution in [0.5, 0.6) is 0 Å². The van der Waals surface area contributed by atoms with E-state index in [-0.39, 0.29) is 18.5 Å². The molecule has 0 saturated carbocycles. The zero-order valence-electron chi connectivity index (χ0n) is 12.6. The molecule has 1 aromatic rings. The number of aliphatic imine (C=N–C) groups is 1. The van der Waals surface area contributed by atoms with Gasteiger partial charge in [-0.2, -0.15) is 0 Å². The monoisotopic (exact) mass is 303 g/mol. The standard InChI is InChI=1S/C15H17N3O4/c1-4-22-15(19)13-9(2)16-10(3)17-14(13)11-6-5-7-12(8-11)18(20)21/h5-8,10,16H,4H2,1-3H3. The van der Waals surface area contributed by atoms with Gasteiger partial charge in [0.05, 0.1) is 17.2 Å². The molecule has 1 aliphatic rings. The quantitative estimate of drug-likeness (QED) is 0.522. The molecule has 7 nitrogen and oxygen atoms in total. The number of non-ortho nitro benzene ring substituents is 1. The number of esters is 1. The van der Waals surface area contributed by atoms with Crippen LogP contribution in [0.2, 0.25) is 0 Å². The lowest BCUT2D eigenvalue weighted by Crippen LogP contribution is -2.34. The number of nitro benzene ring substituents is 1. The van der Waals surface area contributed by atoms with E-state index in [0.717, 1.165) is 0 Å². The summed E-state index contributed by atoms with van der Waals surface area (Å²) < 4.78 is 5.06. The summed E-state index contributed by atoms with van der Waals surface area (Å²) in [5.41, 5.74) is 1.83. The highest BCUT2D eigenvalue weighted by molar-refractivity contribution is 6.27. The molecule has 0 fully saturated rings. The molecule has 1 aliphatic heterocycles. The van der Waals surface area contributed by atoms with Crippen LogP contribution in [-0.4, -0.2) is 29.4 Å². The van der Waals surface area contributed by atoms with Gasteiger partial charge >= 0.3 is 5.97 Å². The summed E-state index contributed by atoms with van der Waals surface area (Å²) in [6.07, 6.45) is -0.229. The van der Waals surface area contributed by atoms with Crippen LogP contribution in [0.4, 0.5) is 5.69 Å². The summed E-state index contributed by atoms with van der Waals surface area (Å²) >= 11 is 0. The molecule has 1 heterocycles. The van der Waals surface area contributed by atoms with Crippen molar-refractivity contribution in [2.75, 3.05) is 6.61 Å². The van der Waals surface area contributed by atoms with Crippen molar-refractivity contribution in [3.63, 3.8) is 0 Å². The van der Waals surface area contributed by atoms with Gasteiger partial charge in [0, 0.05) is 23.4 Å². The van der Waals surface area contributed by atoms with Crippen molar-refractivity contribution in [3.05, 3.63) is 51.2 Å². The predicted molar refractivity (Wildman–Crippen MR) is 81.6 cm³/mol. The third-order valence-corrected chi connectivity index (χ3v) is 3.17. The molecule has 0 aromatic heterocycles. The molecule has 0 bridgehead atoms. The first-order valence-electron chi connectivity index (χ1n) is 6.91. The number of nitrogens with zero attached hydrogens (tertiary/aromatic N) is 2. The summed E-state index contributed by atoms with van der Waals surface area (Å²) in [4.78, 5) is 27.1. The molecule has 0 spiro atoms. The van der Waals surface area contributed by atoms with Crippen molar-refractivity contribution >= 4 is 17.4 Å². The number of hydrogen-bond donors (Lipinski definition) is 1. The Labute approximate surface area is 127 Å². The minimum atomic E-state index is -0.496. The van der Waals surface area contributed by atoms with Crippen LogP contribution in [-0.2, 0) is 9.53 Å². The van der Waals surface area contributed by atoms with Crippen molar-refractivity contribution in [3.8, 4) is 0 Å². The van der Waals surface area contributed by atoms with Gasteiger partial charge in [0.2, 0.25) is 0 Å². The fraction of sp³-hybridized carbons (Fsp3) is 0.333. The Kier molecular flexibility index (Phi) is 4.55. The van der Waals surface area contributed by atoms with E-state index in [4.69, 9.17) is 4.74 Å². The summed E-state index contributed by atoms with van der Waals surface area (Å²) in [5.74, 6) is -0.496. The van der Waals surface area contributed by atoms with E-state index in [2.05, 4.69) is 10.3 Å². The van der Waals surface area contributed by atoms with Crippen molar-refractivity contribution in [1.82, 2.24) is 5.32 Å². The smallest absolute Gasteiger partial charge is 0.342 e. The van der Waals surface area contributed by atoms with Crippen LogP contribution in [0.3, 0.4) is 0 Å². The molecule has 22 heavy (non-hydrogen) atoms. The van der Waals surface area contributed by atoms with E-state index in [9.17, 15) is 14.9 Å². The lowest BCUT2D eigenvalue weighted by Gasteiger charge is -2.23. The maximum absolute atomic E-state index is 12.2. The zero-order valence-corrected chi connectivity index (χ0v) is 12.6. The Bertz CT molecular complexity index is 679. The molecule has 0 aliphatic carbocycles. The number of allylic oxidation sites excluding steroid dienone is 1. The second-order valence-electron chi connectivity index (χ2n) is 4.83. The van der Waals surface area contributed by atoms with Crippen molar-refractivity contribution in [2.45, 2.75) is 26.9 Å². The fourth-order valence-electron chi connectivity index (χ4n) is 2.29. The molecule has 1 unspecified atom stereocenters. The molecule has 116 valence electrons. The zero-order chi connectivity index (χ0) is 16.3. The fourth-order valence-corrected chi connectivity index (χ4v) is 2.29. The highest BCUT2D eigenvalue weighted by Gasteiger charge is 2.27. The van der Waals surface area contributed by atoms with Crippen LogP contribution in [0.1, 0.15) is 26.3 Å². The van der Waals surface area contributed by atoms with E-state index in [1.165, 1.54) is 12.1 Å². The maximum atomic E-state index is 12.2. The molecular formula is C15H17N3O4. The van der Waals surface area contributed by atoms with Gasteiger partial charge in [-0.1, -0.05) is 12.1 Å². The number of nitrogens with one attached hydrogen (secondary N) is 1. The molecule has 0 radical (unpaired) electrons. The Balaban J connectivity index is 2.52. The van der Waals surface area contributed by atoms with Gasteiger partial charge in [-0.15, -0.1) is 0 Å². The first kappa shape index (κ1) is 15.7. The largest absolute Gasteiger partial charge is 0.462 e. The topological polar surface area (TPSA) is 93.8 Å². The average Bonchev–Trinajstić information content (AvgIpc) is 2.46. The van der Waals surface area contributed by atoms with Crippen molar-refractivity contribution in [1.29, 1.82) is 0 Å². The van der Waals surface area contributed by atoms with Crippen LogP contribution >= 0.6 is 0 Å². The Morgan fingerprint density at radius 2 is 2.23 bits per heavy atom. The normalized spacial score (nSPS) is 17.6. The van der Waals surface area contributed by atoms with Gasteiger partial charge in [0.25, 0.3) is 5.69 Å². The van der Waals surface area contributed by atoms with E-state index < -0.39 is 10.9 Å². The summed E-state index contributed by atoms with van der Waals surface area (Å²) in [5, 5.41) is 14.0. The minimum Gasteiger partial charge on any atom is -0.462 e. The second-order valence-corrected chi connectivity index (χ2v) is 4.83. The maximum Gasteiger partial charge on any atom is 0.342 e. The van der Waals surface area contributed by atoms with Gasteiger partial charge in [-0.3, -0.25) is 15.1 Å². The Morgan fingerprint density at radius 1 is 1.50 bits per heavy atom. The van der Waals surface area contributed by atoms with Crippen molar-refractivity contribution < 1.29 is 14.5 Å². The molecule has 7 heteroatoms. The first-order valence-corrected chi connectivity index (χ1v) is 6.91. The number of ether oxygens (including phenoxy) is 1. The van der Waals surface area contributed by atoms with E-state index in [1.54, 1.807) is 26.0 Å². The molecule has 1 N–H and O–H groups in total. The van der Waals surface area contributed by atoms with Gasteiger partial charge < -0.3 is 10.1 Å². The SMILES string of the molecule is CCOC(=O)C1=C(C)NC(C)N=C1c1cccc([N+](=O)[O-])c1. The summed E-state index contributed by atoms with van der Waals surface area (Å²) in [6, 6.07) is 6.07. The Hall–Kier alpha value is -2.70. The number of benzene rings is 1. The van der Waals surface area contributed by atoms with E-state index in [0.29, 0.717) is 22.5 Å². The Morgan fingerprint density at radius 3 is 2.86 bits per heavy atom. The molecule has 0 saturated heterocycles. The van der Waals surface area contributed by atoms with Crippen molar-refractivity contribution in [2.24, 2.45) is 4.99 Å². The third kappa shape index (κ3) is 3.13. The van der Waals surface area contributed by atoms with Gasteiger partial charge in [-0.05, 0) is 20.8 Å².